The summed E-state index contributed by atoms with van der Waals surface area (Å²) in [6.45, 7) is 1.87. The molecule has 2 heterocycles. The number of hydrogen-bond donors (Lipinski definition) is 1. The molecule has 1 aliphatic heterocycles. The minimum absolute atomic E-state index is 0.0845. The normalized spacial score (nSPS) is 30.4. The number of aliphatic hydroxyl groups is 1. The molecule has 128 valence electrons. The van der Waals surface area contributed by atoms with Crippen molar-refractivity contribution in [1.29, 1.82) is 0 Å². The van der Waals surface area contributed by atoms with E-state index in [1.165, 1.54) is 5.56 Å². The van der Waals surface area contributed by atoms with Gasteiger partial charge in [0.15, 0.2) is 0 Å². The van der Waals surface area contributed by atoms with Gasteiger partial charge in [-0.1, -0.05) is 24.3 Å². The number of likely N-dealkylation sites (tertiary alicyclic amines) is 1. The Hall–Kier alpha value is -1.62. The second kappa shape index (κ2) is 6.36. The predicted octanol–water partition coefficient (Wildman–Crippen LogP) is 3.45. The van der Waals surface area contributed by atoms with Crippen LogP contribution >= 0.6 is 0 Å². The summed E-state index contributed by atoms with van der Waals surface area (Å²) in [6, 6.07) is 12.6. The third kappa shape index (κ3) is 2.69. The first-order valence-corrected chi connectivity index (χ1v) is 8.81. The number of rotatable bonds is 4. The maximum absolute atomic E-state index is 10.2. The summed E-state index contributed by atoms with van der Waals surface area (Å²) >= 11 is 0. The van der Waals surface area contributed by atoms with Crippen LogP contribution in [-0.2, 0) is 11.3 Å². The Balaban J connectivity index is 1.60. The summed E-state index contributed by atoms with van der Waals surface area (Å²) in [5, 5.41) is 10.2. The van der Waals surface area contributed by atoms with Crippen LogP contribution in [-0.4, -0.2) is 41.4 Å². The van der Waals surface area contributed by atoms with Gasteiger partial charge in [0.25, 0.3) is 0 Å². The maximum Gasteiger partial charge on any atom is 0.134 e. The van der Waals surface area contributed by atoms with Crippen LogP contribution in [0.1, 0.15) is 31.2 Å². The largest absolute Gasteiger partial charge is 0.464 e. The van der Waals surface area contributed by atoms with E-state index in [-0.39, 0.29) is 17.7 Å². The Labute approximate surface area is 143 Å². The number of furan rings is 1. The van der Waals surface area contributed by atoms with Crippen LogP contribution in [0.4, 0.5) is 0 Å². The van der Waals surface area contributed by atoms with E-state index in [1.807, 2.05) is 19.2 Å². The third-order valence-corrected chi connectivity index (χ3v) is 5.85. The Bertz CT molecular complexity index is 684. The topological polar surface area (TPSA) is 45.8 Å². The molecule has 0 amide bonds. The minimum atomic E-state index is -0.209. The van der Waals surface area contributed by atoms with Crippen molar-refractivity contribution in [3.63, 3.8) is 0 Å². The molecule has 1 saturated carbocycles. The highest BCUT2D eigenvalue weighted by Crippen LogP contribution is 2.43. The molecule has 4 nitrogen and oxygen atoms in total. The summed E-state index contributed by atoms with van der Waals surface area (Å²) in [4.78, 5) is 2.48. The van der Waals surface area contributed by atoms with Crippen molar-refractivity contribution in [3.8, 4) is 11.3 Å². The van der Waals surface area contributed by atoms with Crippen LogP contribution in [0, 0.1) is 0 Å². The molecular weight excluding hydrogens is 302 g/mol. The van der Waals surface area contributed by atoms with Gasteiger partial charge in [-0.05, 0) is 43.4 Å². The van der Waals surface area contributed by atoms with Gasteiger partial charge in [0.2, 0.25) is 0 Å². The molecule has 0 spiro atoms. The predicted molar refractivity (Wildman–Crippen MR) is 92.6 cm³/mol. The van der Waals surface area contributed by atoms with Gasteiger partial charge < -0.3 is 14.3 Å². The Morgan fingerprint density at radius 3 is 2.92 bits per heavy atom. The number of methoxy groups -OCH3 is 1. The quantitative estimate of drug-likeness (QED) is 0.934. The summed E-state index contributed by atoms with van der Waals surface area (Å²) < 4.78 is 11.6. The summed E-state index contributed by atoms with van der Waals surface area (Å²) in [7, 11) is 1.82. The van der Waals surface area contributed by atoms with Crippen molar-refractivity contribution >= 4 is 0 Å². The minimum Gasteiger partial charge on any atom is -0.464 e. The van der Waals surface area contributed by atoms with E-state index >= 15 is 0 Å². The van der Waals surface area contributed by atoms with E-state index in [0.29, 0.717) is 0 Å². The summed E-state index contributed by atoms with van der Waals surface area (Å²) in [6.07, 6.45) is 5.15. The highest BCUT2D eigenvalue weighted by atomic mass is 16.5. The lowest BCUT2D eigenvalue weighted by molar-refractivity contribution is -0.0879. The van der Waals surface area contributed by atoms with Crippen LogP contribution in [0.2, 0.25) is 0 Å². The van der Waals surface area contributed by atoms with Gasteiger partial charge in [-0.2, -0.15) is 0 Å². The van der Waals surface area contributed by atoms with Gasteiger partial charge in [0.1, 0.15) is 5.76 Å². The van der Waals surface area contributed by atoms with Gasteiger partial charge in [-0.3, -0.25) is 4.90 Å². The van der Waals surface area contributed by atoms with Crippen LogP contribution in [0.3, 0.4) is 0 Å². The number of aliphatic hydroxyl groups excluding tert-OH is 1. The molecule has 0 unspecified atom stereocenters. The Morgan fingerprint density at radius 2 is 2.12 bits per heavy atom. The average molecular weight is 327 g/mol. The number of nitrogens with zero attached hydrogens (tertiary/aromatic N) is 1. The smallest absolute Gasteiger partial charge is 0.134 e. The molecule has 24 heavy (non-hydrogen) atoms. The molecule has 2 fully saturated rings. The van der Waals surface area contributed by atoms with Crippen LogP contribution in [0.5, 0.6) is 0 Å². The first-order valence-electron chi connectivity index (χ1n) is 8.81. The van der Waals surface area contributed by atoms with Crippen molar-refractivity contribution in [2.45, 2.75) is 50.0 Å². The summed E-state index contributed by atoms with van der Waals surface area (Å²) in [5.74, 6) is 0.909. The highest BCUT2D eigenvalue weighted by Gasteiger charge is 2.50. The van der Waals surface area contributed by atoms with Crippen molar-refractivity contribution in [2.75, 3.05) is 13.7 Å². The average Bonchev–Trinajstić information content (AvgIpc) is 3.25. The number of hydrogen-bond acceptors (Lipinski definition) is 4. The molecule has 1 aromatic heterocycles. The second-order valence-corrected chi connectivity index (χ2v) is 7.07. The molecule has 1 N–H and O–H groups in total. The number of fused-ring (bicyclic) bond motifs is 1. The zero-order valence-electron chi connectivity index (χ0n) is 14.1. The zero-order valence-corrected chi connectivity index (χ0v) is 14.1. The summed E-state index contributed by atoms with van der Waals surface area (Å²) in [5.41, 5.74) is 2.33. The van der Waals surface area contributed by atoms with E-state index in [2.05, 4.69) is 29.2 Å². The zero-order chi connectivity index (χ0) is 16.6. The van der Waals surface area contributed by atoms with E-state index in [9.17, 15) is 5.11 Å². The standard InChI is InChI=1S/C20H25NO3/c1-23-20-9-8-16(22)13-19(20)21(11-10-20)14-15-5-2-3-6-17(15)18-7-4-12-24-18/h2-7,12,16,19,22H,8-11,13-14H2,1H3/t16-,19-,20+/m0/s1. The van der Waals surface area contributed by atoms with Gasteiger partial charge in [-0.15, -0.1) is 0 Å². The fourth-order valence-corrected chi connectivity index (χ4v) is 4.51. The molecule has 0 radical (unpaired) electrons. The molecule has 2 aliphatic rings. The molecule has 1 saturated heterocycles. The molecule has 2 aromatic rings. The van der Waals surface area contributed by atoms with Crippen LogP contribution in [0.15, 0.2) is 47.1 Å². The second-order valence-electron chi connectivity index (χ2n) is 7.07. The lowest BCUT2D eigenvalue weighted by atomic mass is 9.79. The van der Waals surface area contributed by atoms with Gasteiger partial charge >= 0.3 is 0 Å². The fourth-order valence-electron chi connectivity index (χ4n) is 4.51. The van der Waals surface area contributed by atoms with Gasteiger partial charge in [0, 0.05) is 31.8 Å². The van der Waals surface area contributed by atoms with Crippen LogP contribution < -0.4 is 0 Å². The fraction of sp³-hybridized carbons (Fsp3) is 0.500. The van der Waals surface area contributed by atoms with Gasteiger partial charge in [0.05, 0.1) is 18.0 Å². The van der Waals surface area contributed by atoms with E-state index in [0.717, 1.165) is 50.1 Å². The maximum atomic E-state index is 10.2. The Morgan fingerprint density at radius 1 is 1.25 bits per heavy atom. The molecule has 4 rings (SSSR count). The molecular formula is C20H25NO3. The molecule has 1 aromatic carbocycles. The lowest BCUT2D eigenvalue weighted by Gasteiger charge is -2.42. The van der Waals surface area contributed by atoms with Crippen molar-refractivity contribution < 1.29 is 14.3 Å². The van der Waals surface area contributed by atoms with Gasteiger partial charge in [-0.25, -0.2) is 0 Å². The Kier molecular flexibility index (Phi) is 4.21. The number of benzene rings is 1. The third-order valence-electron chi connectivity index (χ3n) is 5.85. The monoisotopic (exact) mass is 327 g/mol. The molecule has 0 bridgehead atoms. The van der Waals surface area contributed by atoms with E-state index in [4.69, 9.17) is 9.15 Å². The molecule has 3 atom stereocenters. The number of ether oxygens (including phenoxy) is 1. The first-order chi connectivity index (χ1) is 11.7. The SMILES string of the molecule is CO[C@@]12CC[C@H](O)C[C@@H]1N(Cc1ccccc1-c1ccco1)CC2. The van der Waals surface area contributed by atoms with Crippen molar-refractivity contribution in [2.24, 2.45) is 0 Å². The van der Waals surface area contributed by atoms with Crippen molar-refractivity contribution in [3.05, 3.63) is 48.2 Å². The van der Waals surface area contributed by atoms with Crippen molar-refractivity contribution in [1.82, 2.24) is 4.90 Å². The van der Waals surface area contributed by atoms with Crippen LogP contribution in [0.25, 0.3) is 11.3 Å². The van der Waals surface area contributed by atoms with E-state index < -0.39 is 0 Å². The first kappa shape index (κ1) is 15.9. The molecule has 4 heteroatoms. The highest BCUT2D eigenvalue weighted by molar-refractivity contribution is 5.61. The lowest BCUT2D eigenvalue weighted by Crippen LogP contribution is -2.51. The molecule has 1 aliphatic carbocycles. The van der Waals surface area contributed by atoms with E-state index in [1.54, 1.807) is 6.26 Å².